The highest BCUT2D eigenvalue weighted by atomic mass is 14.6. The predicted octanol–water partition coefficient (Wildman–Crippen LogP) is 3.00. The molecule has 0 heterocycles. The zero-order valence-electron chi connectivity index (χ0n) is 6.21. The Balaban J connectivity index is 2.27. The van der Waals surface area contributed by atoms with Crippen molar-refractivity contribution in [3.8, 4) is 0 Å². The monoisotopic (exact) mass is 135 g/mol. The predicted molar refractivity (Wildman–Crippen MR) is 42.3 cm³/mol. The summed E-state index contributed by atoms with van der Waals surface area (Å²) in [6, 6.07) is 0. The van der Waals surface area contributed by atoms with E-state index in [0.717, 1.165) is 0 Å². The van der Waals surface area contributed by atoms with Crippen LogP contribution in [0.15, 0.2) is 12.3 Å². The fourth-order valence-electron chi connectivity index (χ4n) is 1.49. The Hall–Kier alpha value is -0.770. The lowest BCUT2D eigenvalue weighted by Crippen LogP contribution is -2.01. The SMILES string of the molecule is [C-]#[N+]/C=C/C1CCCCC1. The molecule has 0 aromatic rings. The molecule has 1 saturated carbocycles. The number of hydrogen-bond donors (Lipinski definition) is 0. The molecule has 54 valence electrons. The second kappa shape index (κ2) is 4.11. The van der Waals surface area contributed by atoms with E-state index >= 15 is 0 Å². The first-order valence-electron chi connectivity index (χ1n) is 3.96. The molecule has 1 nitrogen and oxygen atoms in total. The third kappa shape index (κ3) is 2.23. The van der Waals surface area contributed by atoms with Crippen LogP contribution >= 0.6 is 0 Å². The Labute approximate surface area is 62.6 Å². The Morgan fingerprint density at radius 3 is 2.50 bits per heavy atom. The molecule has 1 aliphatic carbocycles. The fourth-order valence-corrected chi connectivity index (χ4v) is 1.49. The van der Waals surface area contributed by atoms with E-state index < -0.39 is 0 Å². The van der Waals surface area contributed by atoms with Crippen LogP contribution in [0.25, 0.3) is 4.85 Å². The van der Waals surface area contributed by atoms with Crippen LogP contribution in [0.1, 0.15) is 32.1 Å². The normalized spacial score (nSPS) is 21.1. The Morgan fingerprint density at radius 1 is 1.20 bits per heavy atom. The molecular weight excluding hydrogens is 122 g/mol. The molecule has 0 saturated heterocycles. The summed E-state index contributed by atoms with van der Waals surface area (Å²) >= 11 is 0. The minimum Gasteiger partial charge on any atom is -0.246 e. The van der Waals surface area contributed by atoms with Crippen molar-refractivity contribution in [1.29, 1.82) is 0 Å². The van der Waals surface area contributed by atoms with Gasteiger partial charge in [0, 0.05) is 0 Å². The molecule has 1 fully saturated rings. The quantitative estimate of drug-likeness (QED) is 0.487. The second-order valence-corrected chi connectivity index (χ2v) is 2.87. The van der Waals surface area contributed by atoms with E-state index in [4.69, 9.17) is 6.57 Å². The van der Waals surface area contributed by atoms with Crippen molar-refractivity contribution >= 4 is 0 Å². The molecule has 10 heavy (non-hydrogen) atoms. The van der Waals surface area contributed by atoms with Gasteiger partial charge in [0.25, 0.3) is 0 Å². The van der Waals surface area contributed by atoms with Gasteiger partial charge in [-0.15, -0.1) is 0 Å². The van der Waals surface area contributed by atoms with Gasteiger partial charge in [0.2, 0.25) is 0 Å². The minimum atomic E-state index is 0.711. The van der Waals surface area contributed by atoms with E-state index in [-0.39, 0.29) is 0 Å². The molecule has 0 amide bonds. The average molecular weight is 135 g/mol. The largest absolute Gasteiger partial charge is 0.246 e. The first kappa shape index (κ1) is 7.34. The number of allylic oxidation sites excluding steroid dienone is 1. The smallest absolute Gasteiger partial charge is 0.150 e. The summed E-state index contributed by atoms with van der Waals surface area (Å²) in [7, 11) is 0. The number of rotatable bonds is 1. The minimum absolute atomic E-state index is 0.711. The van der Waals surface area contributed by atoms with Gasteiger partial charge in [-0.05, 0) is 18.8 Å². The van der Waals surface area contributed by atoms with Crippen LogP contribution in [0, 0.1) is 12.5 Å². The summed E-state index contributed by atoms with van der Waals surface area (Å²) in [4.78, 5) is 3.20. The third-order valence-electron chi connectivity index (χ3n) is 2.08. The zero-order chi connectivity index (χ0) is 7.23. The van der Waals surface area contributed by atoms with Gasteiger partial charge in [-0.1, -0.05) is 25.3 Å². The highest BCUT2D eigenvalue weighted by Crippen LogP contribution is 2.24. The maximum atomic E-state index is 6.56. The lowest BCUT2D eigenvalue weighted by atomic mass is 9.89. The third-order valence-corrected chi connectivity index (χ3v) is 2.08. The van der Waals surface area contributed by atoms with Gasteiger partial charge < -0.3 is 0 Å². The summed E-state index contributed by atoms with van der Waals surface area (Å²) in [5.74, 6) is 0.711. The molecule has 0 aromatic carbocycles. The van der Waals surface area contributed by atoms with Crippen LogP contribution in [-0.4, -0.2) is 0 Å². The molecule has 0 aliphatic heterocycles. The number of nitrogens with zero attached hydrogens (tertiary/aromatic N) is 1. The van der Waals surface area contributed by atoms with Crippen molar-refractivity contribution in [2.24, 2.45) is 5.92 Å². The molecule has 0 N–H and O–H groups in total. The maximum absolute atomic E-state index is 6.56. The van der Waals surface area contributed by atoms with Gasteiger partial charge in [-0.3, -0.25) is 0 Å². The maximum Gasteiger partial charge on any atom is 0.150 e. The summed E-state index contributed by atoms with van der Waals surface area (Å²) < 4.78 is 0. The lowest BCUT2D eigenvalue weighted by molar-refractivity contribution is 0.419. The Kier molecular flexibility index (Phi) is 3.02. The van der Waals surface area contributed by atoms with Crippen molar-refractivity contribution in [2.75, 3.05) is 0 Å². The van der Waals surface area contributed by atoms with E-state index in [0.29, 0.717) is 5.92 Å². The van der Waals surface area contributed by atoms with Crippen LogP contribution in [0.4, 0.5) is 0 Å². The standard InChI is InChI=1S/C9H13N/c1-10-8-7-9-5-3-2-4-6-9/h7-9H,2-6H2/b8-7+. The molecule has 0 atom stereocenters. The Bertz CT molecular complexity index is 147. The van der Waals surface area contributed by atoms with E-state index in [1.807, 2.05) is 0 Å². The molecule has 0 spiro atoms. The van der Waals surface area contributed by atoms with Crippen LogP contribution in [0.2, 0.25) is 0 Å². The van der Waals surface area contributed by atoms with Gasteiger partial charge in [-0.25, -0.2) is 4.85 Å². The number of hydrogen-bond acceptors (Lipinski definition) is 0. The Morgan fingerprint density at radius 2 is 1.90 bits per heavy atom. The zero-order valence-corrected chi connectivity index (χ0v) is 6.21. The molecule has 1 aliphatic rings. The molecule has 0 radical (unpaired) electrons. The van der Waals surface area contributed by atoms with E-state index in [2.05, 4.69) is 10.9 Å². The molecule has 0 aromatic heterocycles. The molecule has 0 unspecified atom stereocenters. The van der Waals surface area contributed by atoms with Gasteiger partial charge in [-0.2, -0.15) is 0 Å². The van der Waals surface area contributed by atoms with Crippen molar-refractivity contribution in [2.45, 2.75) is 32.1 Å². The summed E-state index contributed by atoms with van der Waals surface area (Å²) in [6.07, 6.45) is 10.4. The van der Waals surface area contributed by atoms with Gasteiger partial charge in [0.1, 0.15) is 0 Å². The van der Waals surface area contributed by atoms with Gasteiger partial charge in [0.05, 0.1) is 6.57 Å². The summed E-state index contributed by atoms with van der Waals surface area (Å²) in [5, 5.41) is 0. The van der Waals surface area contributed by atoms with Crippen LogP contribution in [-0.2, 0) is 0 Å². The van der Waals surface area contributed by atoms with Gasteiger partial charge in [0.15, 0.2) is 6.20 Å². The van der Waals surface area contributed by atoms with E-state index in [1.165, 1.54) is 32.1 Å². The molecule has 1 heteroatoms. The van der Waals surface area contributed by atoms with Crippen molar-refractivity contribution < 1.29 is 0 Å². The first-order chi connectivity index (χ1) is 4.93. The van der Waals surface area contributed by atoms with Crippen LogP contribution in [0.5, 0.6) is 0 Å². The highest BCUT2D eigenvalue weighted by Gasteiger charge is 2.08. The van der Waals surface area contributed by atoms with E-state index in [9.17, 15) is 0 Å². The topological polar surface area (TPSA) is 4.36 Å². The van der Waals surface area contributed by atoms with Crippen LogP contribution < -0.4 is 0 Å². The molecular formula is C9H13N. The van der Waals surface area contributed by atoms with Gasteiger partial charge >= 0.3 is 0 Å². The second-order valence-electron chi connectivity index (χ2n) is 2.87. The van der Waals surface area contributed by atoms with E-state index in [1.54, 1.807) is 6.20 Å². The molecule has 0 bridgehead atoms. The lowest BCUT2D eigenvalue weighted by Gasteiger charge is -2.17. The highest BCUT2D eigenvalue weighted by molar-refractivity contribution is 4.94. The average Bonchev–Trinajstić information content (AvgIpc) is 2.03. The van der Waals surface area contributed by atoms with Crippen molar-refractivity contribution in [3.63, 3.8) is 0 Å². The fraction of sp³-hybridized carbons (Fsp3) is 0.667. The van der Waals surface area contributed by atoms with Crippen molar-refractivity contribution in [3.05, 3.63) is 23.7 Å². The summed E-state index contributed by atoms with van der Waals surface area (Å²) in [5.41, 5.74) is 0. The van der Waals surface area contributed by atoms with Crippen LogP contribution in [0.3, 0.4) is 0 Å². The first-order valence-corrected chi connectivity index (χ1v) is 3.96. The summed E-state index contributed by atoms with van der Waals surface area (Å²) in [6.45, 7) is 6.56. The van der Waals surface area contributed by atoms with Crippen molar-refractivity contribution in [1.82, 2.24) is 0 Å². The molecule has 1 rings (SSSR count).